The van der Waals surface area contributed by atoms with Crippen LogP contribution in [0.5, 0.6) is 0 Å². The highest BCUT2D eigenvalue weighted by Crippen LogP contribution is 2.23. The van der Waals surface area contributed by atoms with E-state index in [1.165, 1.54) is 0 Å². The second-order valence-corrected chi connectivity index (χ2v) is 9.07. The molecule has 0 amide bonds. The molecule has 0 aromatic heterocycles. The standard InChI is InChI=1S/C12H24N2O6S2/c1-5-7-11-21(15,16)19-13-9-10-14-20-22(17,18)12(3,4)8-6-2/h9-10H,5-8,11H2,1-4H3. The average Bonchev–Trinajstić information content (AvgIpc) is 2.40. The minimum Gasteiger partial charge on any atom is -0.268 e. The van der Waals surface area contributed by atoms with Crippen molar-refractivity contribution in [3.05, 3.63) is 0 Å². The number of oxime groups is 2. The largest absolute Gasteiger partial charge is 0.333 e. The van der Waals surface area contributed by atoms with Crippen LogP contribution in [0.3, 0.4) is 0 Å². The van der Waals surface area contributed by atoms with E-state index in [0.717, 1.165) is 12.4 Å². The van der Waals surface area contributed by atoms with Crippen LogP contribution in [-0.2, 0) is 28.8 Å². The Hall–Kier alpha value is -1.16. The van der Waals surface area contributed by atoms with Gasteiger partial charge in [0.25, 0.3) is 0 Å². The first-order valence-electron chi connectivity index (χ1n) is 6.98. The molecular weight excluding hydrogens is 332 g/mol. The summed E-state index contributed by atoms with van der Waals surface area (Å²) in [6.07, 6.45) is 4.09. The molecule has 10 heteroatoms. The van der Waals surface area contributed by atoms with Crippen molar-refractivity contribution in [3.63, 3.8) is 0 Å². The van der Waals surface area contributed by atoms with Crippen molar-refractivity contribution in [3.8, 4) is 0 Å². The number of nitrogens with zero attached hydrogens (tertiary/aromatic N) is 2. The summed E-state index contributed by atoms with van der Waals surface area (Å²) in [6.45, 7) is 6.80. The number of hydrogen-bond donors (Lipinski definition) is 0. The van der Waals surface area contributed by atoms with Crippen LogP contribution in [0.15, 0.2) is 10.3 Å². The summed E-state index contributed by atoms with van der Waals surface area (Å²) in [4.78, 5) is 0. The van der Waals surface area contributed by atoms with E-state index < -0.39 is 25.0 Å². The first-order chi connectivity index (χ1) is 10.1. The Morgan fingerprint density at radius 3 is 2.00 bits per heavy atom. The van der Waals surface area contributed by atoms with Gasteiger partial charge in [-0.05, 0) is 26.7 Å². The van der Waals surface area contributed by atoms with E-state index >= 15 is 0 Å². The first kappa shape index (κ1) is 20.8. The van der Waals surface area contributed by atoms with Gasteiger partial charge in [-0.1, -0.05) is 37.0 Å². The zero-order valence-corrected chi connectivity index (χ0v) is 15.0. The molecule has 0 saturated heterocycles. The van der Waals surface area contributed by atoms with Crippen LogP contribution < -0.4 is 0 Å². The van der Waals surface area contributed by atoms with Crippen molar-refractivity contribution in [1.82, 2.24) is 0 Å². The Balaban J connectivity index is 4.44. The maximum Gasteiger partial charge on any atom is 0.333 e. The van der Waals surface area contributed by atoms with Crippen LogP contribution in [0.4, 0.5) is 0 Å². The van der Waals surface area contributed by atoms with Crippen molar-refractivity contribution in [2.45, 2.75) is 58.1 Å². The Kier molecular flexibility index (Phi) is 8.61. The predicted octanol–water partition coefficient (Wildman–Crippen LogP) is 2.03. The highest BCUT2D eigenvalue weighted by atomic mass is 32.2. The predicted molar refractivity (Wildman–Crippen MR) is 85.8 cm³/mol. The first-order valence-corrected chi connectivity index (χ1v) is 9.96. The van der Waals surface area contributed by atoms with Gasteiger partial charge in [0.05, 0.1) is 18.2 Å². The number of rotatable bonds is 11. The van der Waals surface area contributed by atoms with Crippen molar-refractivity contribution in [2.75, 3.05) is 5.75 Å². The summed E-state index contributed by atoms with van der Waals surface area (Å²) in [5.41, 5.74) is 0. The van der Waals surface area contributed by atoms with Gasteiger partial charge in [-0.15, -0.1) is 0 Å². The molecule has 0 atom stereocenters. The molecule has 0 spiro atoms. The quantitative estimate of drug-likeness (QED) is 0.413. The molecule has 130 valence electrons. The smallest absolute Gasteiger partial charge is 0.268 e. The van der Waals surface area contributed by atoms with E-state index in [4.69, 9.17) is 0 Å². The third kappa shape index (κ3) is 7.74. The third-order valence-electron chi connectivity index (χ3n) is 2.76. The van der Waals surface area contributed by atoms with Crippen LogP contribution >= 0.6 is 0 Å². The third-order valence-corrected chi connectivity index (χ3v) is 5.70. The topological polar surface area (TPSA) is 111 Å². The fourth-order valence-corrected chi connectivity index (χ4v) is 3.13. The molecule has 0 aromatic rings. The SMILES string of the molecule is CCCCS(=O)(=O)ON=CC=NOS(=O)(=O)C(C)(C)CCC. The van der Waals surface area contributed by atoms with Crippen molar-refractivity contribution in [2.24, 2.45) is 10.3 Å². The molecule has 0 aliphatic heterocycles. The van der Waals surface area contributed by atoms with Crippen LogP contribution in [0, 0.1) is 0 Å². The van der Waals surface area contributed by atoms with Gasteiger partial charge in [0.1, 0.15) is 4.75 Å². The molecule has 0 unspecified atom stereocenters. The normalized spacial score (nSPS) is 13.8. The van der Waals surface area contributed by atoms with Crippen LogP contribution in [0.2, 0.25) is 0 Å². The Morgan fingerprint density at radius 2 is 1.50 bits per heavy atom. The highest BCUT2D eigenvalue weighted by molar-refractivity contribution is 7.88. The minimum absolute atomic E-state index is 0.131. The summed E-state index contributed by atoms with van der Waals surface area (Å²) in [7, 11) is -7.58. The van der Waals surface area contributed by atoms with Crippen LogP contribution in [-0.4, -0.2) is 39.8 Å². The summed E-state index contributed by atoms with van der Waals surface area (Å²) >= 11 is 0. The fraction of sp³-hybridized carbons (Fsp3) is 0.833. The average molecular weight is 356 g/mol. The van der Waals surface area contributed by atoms with Gasteiger partial charge >= 0.3 is 20.2 Å². The van der Waals surface area contributed by atoms with Crippen molar-refractivity contribution < 1.29 is 25.4 Å². The lowest BCUT2D eigenvalue weighted by Crippen LogP contribution is -2.32. The summed E-state index contributed by atoms with van der Waals surface area (Å²) < 4.78 is 54.0. The maximum atomic E-state index is 11.8. The van der Waals surface area contributed by atoms with Gasteiger partial charge in [0.2, 0.25) is 0 Å². The molecular formula is C12H24N2O6S2. The number of hydrogen-bond acceptors (Lipinski definition) is 8. The van der Waals surface area contributed by atoms with Gasteiger partial charge in [-0.25, -0.2) is 0 Å². The molecule has 0 aliphatic carbocycles. The lowest BCUT2D eigenvalue weighted by molar-refractivity contribution is 0.317. The van der Waals surface area contributed by atoms with E-state index in [-0.39, 0.29) is 5.75 Å². The zero-order chi connectivity index (χ0) is 17.3. The van der Waals surface area contributed by atoms with Crippen molar-refractivity contribution in [1.29, 1.82) is 0 Å². The lowest BCUT2D eigenvalue weighted by Gasteiger charge is -2.20. The summed E-state index contributed by atoms with van der Waals surface area (Å²) in [5.74, 6) is -0.131. The molecule has 0 heterocycles. The molecule has 8 nitrogen and oxygen atoms in total. The van der Waals surface area contributed by atoms with Crippen LogP contribution in [0.1, 0.15) is 53.4 Å². The molecule has 0 saturated carbocycles. The Bertz CT molecular complexity index is 579. The van der Waals surface area contributed by atoms with Gasteiger partial charge in [-0.2, -0.15) is 16.8 Å². The Morgan fingerprint density at radius 1 is 0.955 bits per heavy atom. The summed E-state index contributed by atoms with van der Waals surface area (Å²) in [5, 5.41) is 6.41. The minimum atomic E-state index is -3.87. The van der Waals surface area contributed by atoms with Gasteiger partial charge in [0.15, 0.2) is 0 Å². The molecule has 0 radical (unpaired) electrons. The van der Waals surface area contributed by atoms with Gasteiger partial charge < -0.3 is 0 Å². The van der Waals surface area contributed by atoms with E-state index in [1.807, 2.05) is 13.8 Å². The van der Waals surface area contributed by atoms with Crippen LogP contribution in [0.25, 0.3) is 0 Å². The van der Waals surface area contributed by atoms with Gasteiger partial charge in [0, 0.05) is 0 Å². The van der Waals surface area contributed by atoms with E-state index in [1.54, 1.807) is 13.8 Å². The molecule has 0 rings (SSSR count). The Labute approximate surface area is 132 Å². The van der Waals surface area contributed by atoms with E-state index in [2.05, 4.69) is 18.9 Å². The molecule has 22 heavy (non-hydrogen) atoms. The monoisotopic (exact) mass is 356 g/mol. The second kappa shape index (κ2) is 9.09. The van der Waals surface area contributed by atoms with E-state index in [9.17, 15) is 16.8 Å². The van der Waals surface area contributed by atoms with Gasteiger partial charge in [-0.3, -0.25) is 8.57 Å². The summed E-state index contributed by atoms with van der Waals surface area (Å²) in [6, 6.07) is 0. The fourth-order valence-electron chi connectivity index (χ4n) is 1.41. The van der Waals surface area contributed by atoms with E-state index in [0.29, 0.717) is 25.7 Å². The second-order valence-electron chi connectivity index (χ2n) is 5.24. The lowest BCUT2D eigenvalue weighted by atomic mass is 10.1. The molecule has 0 bridgehead atoms. The highest BCUT2D eigenvalue weighted by Gasteiger charge is 2.35. The molecule has 0 N–H and O–H groups in total. The molecule has 0 fully saturated rings. The number of unbranched alkanes of at least 4 members (excludes halogenated alkanes) is 1. The maximum absolute atomic E-state index is 11.8. The molecule has 0 aliphatic rings. The molecule has 0 aromatic carbocycles. The van der Waals surface area contributed by atoms with Crippen molar-refractivity contribution >= 4 is 32.7 Å². The zero-order valence-electron chi connectivity index (χ0n) is 13.4.